The Morgan fingerprint density at radius 2 is 1.67 bits per heavy atom. The zero-order chi connectivity index (χ0) is 15.1. The number of phenols is 1. The summed E-state index contributed by atoms with van der Waals surface area (Å²) < 4.78 is 0. The second kappa shape index (κ2) is 4.73. The minimum absolute atomic E-state index is 0.0182. The Labute approximate surface area is 120 Å². The lowest BCUT2D eigenvalue weighted by Crippen LogP contribution is -2.32. The van der Waals surface area contributed by atoms with Gasteiger partial charge in [0, 0.05) is 0 Å². The van der Waals surface area contributed by atoms with E-state index in [2.05, 4.69) is 0 Å². The maximum Gasteiger partial charge on any atom is 0.337 e. The molecule has 6 heteroatoms. The Morgan fingerprint density at radius 1 is 1.10 bits per heavy atom. The number of benzene rings is 1. The topological polar surface area (TPSA) is 94.9 Å². The minimum Gasteiger partial charge on any atom is -0.508 e. The number of phenolic OH excluding ortho intramolecular Hbond substituents is 1. The fourth-order valence-electron chi connectivity index (χ4n) is 2.93. The number of anilines is 1. The van der Waals surface area contributed by atoms with E-state index in [-0.39, 0.29) is 28.8 Å². The van der Waals surface area contributed by atoms with Gasteiger partial charge in [0.1, 0.15) is 5.75 Å². The van der Waals surface area contributed by atoms with Crippen LogP contribution in [0.5, 0.6) is 5.75 Å². The number of carboxylic acid groups (broad SMARTS) is 1. The highest BCUT2D eigenvalue weighted by molar-refractivity contribution is 6.24. The normalized spacial score (nSPS) is 24.3. The van der Waals surface area contributed by atoms with Crippen LogP contribution in [-0.4, -0.2) is 28.0 Å². The predicted octanol–water partition coefficient (Wildman–Crippen LogP) is 1.55. The van der Waals surface area contributed by atoms with Crippen molar-refractivity contribution < 1.29 is 24.6 Å². The predicted molar refractivity (Wildman–Crippen MR) is 72.9 cm³/mol. The van der Waals surface area contributed by atoms with Crippen LogP contribution in [0.25, 0.3) is 0 Å². The maximum absolute atomic E-state index is 12.4. The number of aromatic carboxylic acids is 1. The van der Waals surface area contributed by atoms with E-state index in [1.807, 2.05) is 12.2 Å². The number of carbonyl (C=O) groups excluding carboxylic acids is 2. The molecule has 21 heavy (non-hydrogen) atoms. The Morgan fingerprint density at radius 3 is 2.19 bits per heavy atom. The molecule has 2 aliphatic rings. The van der Waals surface area contributed by atoms with E-state index in [1.54, 1.807) is 0 Å². The molecule has 0 radical (unpaired) electrons. The molecule has 1 aliphatic heterocycles. The Balaban J connectivity index is 2.07. The van der Waals surface area contributed by atoms with Gasteiger partial charge in [-0.05, 0) is 31.0 Å². The molecule has 1 saturated heterocycles. The first-order valence-corrected chi connectivity index (χ1v) is 6.60. The van der Waals surface area contributed by atoms with Gasteiger partial charge in [-0.15, -0.1) is 0 Å². The Bertz CT molecular complexity index is 653. The molecule has 1 fully saturated rings. The minimum atomic E-state index is -1.30. The van der Waals surface area contributed by atoms with Crippen molar-refractivity contribution in [3.05, 3.63) is 35.9 Å². The van der Waals surface area contributed by atoms with Gasteiger partial charge in [-0.2, -0.15) is 0 Å². The number of rotatable bonds is 2. The molecule has 3 rings (SSSR count). The average Bonchev–Trinajstić information content (AvgIpc) is 2.72. The monoisotopic (exact) mass is 287 g/mol. The Hall–Kier alpha value is -2.63. The third-order valence-electron chi connectivity index (χ3n) is 3.96. The molecule has 108 valence electrons. The van der Waals surface area contributed by atoms with Crippen LogP contribution in [0.2, 0.25) is 0 Å². The molecule has 1 heterocycles. The molecule has 0 aromatic heterocycles. The van der Waals surface area contributed by atoms with Crippen LogP contribution in [0.4, 0.5) is 5.69 Å². The number of hydrogen-bond acceptors (Lipinski definition) is 4. The van der Waals surface area contributed by atoms with Crippen LogP contribution in [0.1, 0.15) is 23.2 Å². The second-order valence-corrected chi connectivity index (χ2v) is 5.17. The third kappa shape index (κ3) is 1.99. The SMILES string of the molecule is O=C(O)c1cc(O)ccc1N1C(=O)C2CC=CCC2C1=O. The van der Waals surface area contributed by atoms with Crippen LogP contribution in [-0.2, 0) is 9.59 Å². The van der Waals surface area contributed by atoms with E-state index >= 15 is 0 Å². The number of aromatic hydroxyl groups is 1. The summed E-state index contributed by atoms with van der Waals surface area (Å²) in [4.78, 5) is 37.1. The van der Waals surface area contributed by atoms with Crippen molar-refractivity contribution in [1.82, 2.24) is 0 Å². The van der Waals surface area contributed by atoms with E-state index in [4.69, 9.17) is 0 Å². The van der Waals surface area contributed by atoms with Gasteiger partial charge < -0.3 is 10.2 Å². The number of carboxylic acids is 1. The second-order valence-electron chi connectivity index (χ2n) is 5.17. The average molecular weight is 287 g/mol. The van der Waals surface area contributed by atoms with Crippen LogP contribution in [0.15, 0.2) is 30.4 Å². The summed E-state index contributed by atoms with van der Waals surface area (Å²) in [5, 5.41) is 18.6. The molecule has 1 aliphatic carbocycles. The molecule has 2 atom stereocenters. The molecule has 2 amide bonds. The van der Waals surface area contributed by atoms with E-state index < -0.39 is 17.8 Å². The molecule has 1 aromatic carbocycles. The lowest BCUT2D eigenvalue weighted by molar-refractivity contribution is -0.122. The van der Waals surface area contributed by atoms with Crippen LogP contribution < -0.4 is 4.90 Å². The first kappa shape index (κ1) is 13.4. The van der Waals surface area contributed by atoms with Crippen molar-refractivity contribution in [3.8, 4) is 5.75 Å². The molecule has 1 aromatic rings. The summed E-state index contributed by atoms with van der Waals surface area (Å²) >= 11 is 0. The summed E-state index contributed by atoms with van der Waals surface area (Å²) in [5.41, 5.74) is -0.243. The van der Waals surface area contributed by atoms with Gasteiger partial charge in [0.25, 0.3) is 0 Å². The molecule has 2 N–H and O–H groups in total. The summed E-state index contributed by atoms with van der Waals surface area (Å²) in [6.45, 7) is 0. The van der Waals surface area contributed by atoms with Gasteiger partial charge in [-0.1, -0.05) is 12.2 Å². The van der Waals surface area contributed by atoms with Crippen LogP contribution >= 0.6 is 0 Å². The fourth-order valence-corrected chi connectivity index (χ4v) is 2.93. The summed E-state index contributed by atoms with van der Waals surface area (Å²) in [6.07, 6.45) is 4.72. The zero-order valence-corrected chi connectivity index (χ0v) is 11.0. The van der Waals surface area contributed by atoms with Gasteiger partial charge in [-0.25, -0.2) is 9.69 Å². The number of hydrogen-bond donors (Lipinski definition) is 2. The number of fused-ring (bicyclic) bond motifs is 1. The molecule has 2 unspecified atom stereocenters. The van der Waals surface area contributed by atoms with Gasteiger partial charge >= 0.3 is 5.97 Å². The van der Waals surface area contributed by atoms with E-state index in [0.717, 1.165) is 11.0 Å². The van der Waals surface area contributed by atoms with Crippen molar-refractivity contribution >= 4 is 23.5 Å². The van der Waals surface area contributed by atoms with Crippen molar-refractivity contribution in [3.63, 3.8) is 0 Å². The van der Waals surface area contributed by atoms with Gasteiger partial charge in [-0.3, -0.25) is 9.59 Å². The number of allylic oxidation sites excluding steroid dienone is 2. The number of nitrogens with zero attached hydrogens (tertiary/aromatic N) is 1. The number of amides is 2. The van der Waals surface area contributed by atoms with Crippen LogP contribution in [0.3, 0.4) is 0 Å². The lowest BCUT2D eigenvalue weighted by Gasteiger charge is -2.17. The fraction of sp³-hybridized carbons (Fsp3) is 0.267. The van der Waals surface area contributed by atoms with Crippen molar-refractivity contribution in [1.29, 1.82) is 0 Å². The lowest BCUT2D eigenvalue weighted by atomic mass is 9.85. The van der Waals surface area contributed by atoms with Gasteiger partial charge in [0.2, 0.25) is 11.8 Å². The van der Waals surface area contributed by atoms with Crippen molar-refractivity contribution in [2.24, 2.45) is 11.8 Å². The summed E-state index contributed by atoms with van der Waals surface area (Å²) in [6, 6.07) is 3.60. The van der Waals surface area contributed by atoms with Crippen molar-refractivity contribution in [2.45, 2.75) is 12.8 Å². The van der Waals surface area contributed by atoms with Crippen LogP contribution in [0, 0.1) is 11.8 Å². The quantitative estimate of drug-likeness (QED) is 0.635. The van der Waals surface area contributed by atoms with Gasteiger partial charge in [0.15, 0.2) is 0 Å². The standard InChI is InChI=1S/C15H13NO5/c17-8-5-6-12(11(7-8)15(20)21)16-13(18)9-3-1-2-4-10(9)14(16)19/h1-2,5-7,9-10,17H,3-4H2,(H,20,21). The first-order valence-electron chi connectivity index (χ1n) is 6.60. The number of imide groups is 1. The molecular formula is C15H13NO5. The highest BCUT2D eigenvalue weighted by Gasteiger charge is 2.48. The molecule has 6 nitrogen and oxygen atoms in total. The molecule has 0 spiro atoms. The number of carbonyl (C=O) groups is 3. The van der Waals surface area contributed by atoms with Crippen molar-refractivity contribution in [2.75, 3.05) is 4.90 Å². The smallest absolute Gasteiger partial charge is 0.337 e. The Kier molecular flexibility index (Phi) is 3.01. The van der Waals surface area contributed by atoms with Gasteiger partial charge in [0.05, 0.1) is 23.1 Å². The largest absolute Gasteiger partial charge is 0.508 e. The van der Waals surface area contributed by atoms with E-state index in [9.17, 15) is 24.6 Å². The summed E-state index contributed by atoms with van der Waals surface area (Å²) in [7, 11) is 0. The van der Waals surface area contributed by atoms with E-state index in [0.29, 0.717) is 12.8 Å². The van der Waals surface area contributed by atoms with E-state index in [1.165, 1.54) is 12.1 Å². The molecule has 0 bridgehead atoms. The first-order chi connectivity index (χ1) is 10.0. The molecule has 0 saturated carbocycles. The molecular weight excluding hydrogens is 274 g/mol. The maximum atomic E-state index is 12.4. The highest BCUT2D eigenvalue weighted by atomic mass is 16.4. The zero-order valence-electron chi connectivity index (χ0n) is 11.0. The summed E-state index contributed by atoms with van der Waals surface area (Å²) in [5.74, 6) is -3.11. The highest BCUT2D eigenvalue weighted by Crippen LogP contribution is 2.39. The third-order valence-corrected chi connectivity index (χ3v) is 3.96.